The Morgan fingerprint density at radius 1 is 1.22 bits per heavy atom. The highest BCUT2D eigenvalue weighted by Gasteiger charge is 2.37. The number of fused-ring (bicyclic) bond motifs is 1. The summed E-state index contributed by atoms with van der Waals surface area (Å²) in [6, 6.07) is 7.62. The molecule has 0 saturated carbocycles. The zero-order valence-corrected chi connectivity index (χ0v) is 16.1. The number of rotatable bonds is 4. The lowest BCUT2D eigenvalue weighted by atomic mass is 9.76. The minimum absolute atomic E-state index is 0.0987. The molecule has 0 fully saturated rings. The highest BCUT2D eigenvalue weighted by atomic mass is 32.2. The number of Topliss-reactive ketones (excluding diaryl/α,β-unsaturated/α-hetero) is 1. The lowest BCUT2D eigenvalue weighted by Gasteiger charge is -2.32. The minimum atomic E-state index is -0.410. The molecule has 0 unspecified atom stereocenters. The molecule has 2 heterocycles. The molecule has 2 aromatic rings. The van der Waals surface area contributed by atoms with E-state index in [1.165, 1.54) is 11.8 Å². The number of carbonyl (C=O) groups excluding carboxylic acids is 1. The zero-order valence-electron chi connectivity index (χ0n) is 15.3. The van der Waals surface area contributed by atoms with Crippen molar-refractivity contribution >= 4 is 23.4 Å². The number of hydrogen-bond donors (Lipinski definition) is 2. The van der Waals surface area contributed by atoms with Gasteiger partial charge in [-0.3, -0.25) is 9.59 Å². The van der Waals surface area contributed by atoms with Gasteiger partial charge in [0, 0.05) is 23.6 Å². The molecule has 0 amide bonds. The number of anilines is 1. The van der Waals surface area contributed by atoms with Gasteiger partial charge in [0.05, 0.1) is 12.2 Å². The van der Waals surface area contributed by atoms with Crippen LogP contribution in [0.25, 0.3) is 0 Å². The summed E-state index contributed by atoms with van der Waals surface area (Å²) in [6.07, 6.45) is 3.98. The standard InChI is InChI=1S/C20H21N3O3S/c1-3-26-12-9-7-11(8-10-12)15-16-13(5-4-6-14(16)24)21-18-17(15)19(25)23-20(22-18)27-2/h7-10,15H,3-6H2,1-2H3,(H2,21,22,23,25)/t15-/m0/s1. The molecule has 4 rings (SSSR count). The molecule has 0 bridgehead atoms. The number of benzene rings is 1. The van der Waals surface area contributed by atoms with Crippen molar-refractivity contribution in [2.45, 2.75) is 37.3 Å². The Hall–Kier alpha value is -2.54. The summed E-state index contributed by atoms with van der Waals surface area (Å²) in [5, 5.41) is 3.82. The quantitative estimate of drug-likeness (QED) is 0.621. The van der Waals surface area contributed by atoms with Crippen molar-refractivity contribution in [1.82, 2.24) is 9.97 Å². The Morgan fingerprint density at radius 3 is 2.70 bits per heavy atom. The second-order valence-corrected chi connectivity index (χ2v) is 7.36. The smallest absolute Gasteiger partial charge is 0.257 e. The van der Waals surface area contributed by atoms with Gasteiger partial charge < -0.3 is 15.0 Å². The number of H-pyrrole nitrogens is 1. The molecule has 1 aromatic carbocycles. The fourth-order valence-electron chi connectivity index (χ4n) is 3.79. The normalized spacial score (nSPS) is 18.6. The van der Waals surface area contributed by atoms with Crippen LogP contribution in [0.1, 0.15) is 43.2 Å². The number of allylic oxidation sites excluding steroid dienone is 2. The molecule has 140 valence electrons. The van der Waals surface area contributed by atoms with E-state index in [1.54, 1.807) is 0 Å². The molecule has 27 heavy (non-hydrogen) atoms. The van der Waals surface area contributed by atoms with E-state index in [1.807, 2.05) is 37.4 Å². The third-order valence-electron chi connectivity index (χ3n) is 4.95. The molecule has 2 N–H and O–H groups in total. The lowest BCUT2D eigenvalue weighted by Crippen LogP contribution is -2.32. The number of carbonyl (C=O) groups is 1. The Balaban J connectivity index is 1.90. The molecule has 2 aliphatic rings. The number of aromatic nitrogens is 2. The van der Waals surface area contributed by atoms with Crippen LogP contribution in [0, 0.1) is 0 Å². The Kier molecular flexibility index (Phi) is 4.78. The van der Waals surface area contributed by atoms with E-state index in [-0.39, 0.29) is 11.3 Å². The van der Waals surface area contributed by atoms with Crippen LogP contribution in [-0.2, 0) is 4.79 Å². The molecule has 1 aliphatic heterocycles. The van der Waals surface area contributed by atoms with Gasteiger partial charge >= 0.3 is 0 Å². The molecule has 6 nitrogen and oxygen atoms in total. The molecular weight excluding hydrogens is 362 g/mol. The van der Waals surface area contributed by atoms with Crippen LogP contribution >= 0.6 is 11.8 Å². The van der Waals surface area contributed by atoms with Gasteiger partial charge in [0.1, 0.15) is 11.6 Å². The predicted octanol–water partition coefficient (Wildman–Crippen LogP) is 3.46. The molecule has 1 atom stereocenters. The van der Waals surface area contributed by atoms with Gasteiger partial charge in [0.15, 0.2) is 10.9 Å². The first-order valence-electron chi connectivity index (χ1n) is 9.06. The van der Waals surface area contributed by atoms with E-state index in [2.05, 4.69) is 15.3 Å². The first-order chi connectivity index (χ1) is 13.1. The number of ether oxygens (including phenoxy) is 1. The largest absolute Gasteiger partial charge is 0.494 e. The lowest BCUT2D eigenvalue weighted by molar-refractivity contribution is -0.116. The molecule has 1 aliphatic carbocycles. The van der Waals surface area contributed by atoms with Gasteiger partial charge in [-0.25, -0.2) is 4.98 Å². The number of thioether (sulfide) groups is 1. The molecule has 1 aromatic heterocycles. The summed E-state index contributed by atoms with van der Waals surface area (Å²) in [7, 11) is 0. The maximum Gasteiger partial charge on any atom is 0.257 e. The van der Waals surface area contributed by atoms with Gasteiger partial charge in [-0.15, -0.1) is 0 Å². The van der Waals surface area contributed by atoms with Gasteiger partial charge in [-0.1, -0.05) is 23.9 Å². The maximum atomic E-state index is 12.9. The molecule has 7 heteroatoms. The SMILES string of the molecule is CCOc1ccc([C@H]2C3=C(CCCC3=O)Nc3nc(SC)[nH]c(=O)c32)cc1. The third kappa shape index (κ3) is 3.16. The van der Waals surface area contributed by atoms with E-state index in [0.29, 0.717) is 35.1 Å². The number of nitrogens with zero attached hydrogens (tertiary/aromatic N) is 1. The monoisotopic (exact) mass is 383 g/mol. The van der Waals surface area contributed by atoms with Crippen molar-refractivity contribution in [1.29, 1.82) is 0 Å². The van der Waals surface area contributed by atoms with Crippen LogP contribution in [0.4, 0.5) is 5.82 Å². The van der Waals surface area contributed by atoms with Crippen LogP contribution in [0.2, 0.25) is 0 Å². The van der Waals surface area contributed by atoms with Crippen molar-refractivity contribution in [2.75, 3.05) is 18.2 Å². The topological polar surface area (TPSA) is 84.1 Å². The molecule has 0 spiro atoms. The van der Waals surface area contributed by atoms with Crippen molar-refractivity contribution < 1.29 is 9.53 Å². The van der Waals surface area contributed by atoms with Crippen molar-refractivity contribution in [3.05, 3.63) is 57.0 Å². The summed E-state index contributed by atoms with van der Waals surface area (Å²) < 4.78 is 5.53. The van der Waals surface area contributed by atoms with Crippen LogP contribution < -0.4 is 15.6 Å². The maximum absolute atomic E-state index is 12.9. The van der Waals surface area contributed by atoms with Crippen molar-refractivity contribution in [3.63, 3.8) is 0 Å². The van der Waals surface area contributed by atoms with E-state index >= 15 is 0 Å². The van der Waals surface area contributed by atoms with Gasteiger partial charge in [-0.05, 0) is 43.7 Å². The summed E-state index contributed by atoms with van der Waals surface area (Å²) >= 11 is 1.38. The van der Waals surface area contributed by atoms with E-state index in [0.717, 1.165) is 29.9 Å². The highest BCUT2D eigenvalue weighted by molar-refractivity contribution is 7.98. The van der Waals surface area contributed by atoms with E-state index < -0.39 is 5.92 Å². The Bertz CT molecular complexity index is 979. The van der Waals surface area contributed by atoms with Crippen molar-refractivity contribution in [3.8, 4) is 5.75 Å². The first kappa shape index (κ1) is 17.9. The fourth-order valence-corrected chi connectivity index (χ4v) is 4.17. The number of ketones is 1. The molecule has 0 saturated heterocycles. The Labute approximate surface area is 161 Å². The second kappa shape index (κ2) is 7.23. The van der Waals surface area contributed by atoms with Crippen LogP contribution in [0.5, 0.6) is 5.75 Å². The number of aromatic amines is 1. The van der Waals surface area contributed by atoms with E-state index in [9.17, 15) is 9.59 Å². The van der Waals surface area contributed by atoms with Gasteiger partial charge in [-0.2, -0.15) is 0 Å². The van der Waals surface area contributed by atoms with Crippen LogP contribution in [0.3, 0.4) is 0 Å². The second-order valence-electron chi connectivity index (χ2n) is 6.57. The number of nitrogens with one attached hydrogen (secondary N) is 2. The van der Waals surface area contributed by atoms with E-state index in [4.69, 9.17) is 4.74 Å². The number of hydrogen-bond acceptors (Lipinski definition) is 6. The average molecular weight is 383 g/mol. The summed E-state index contributed by atoms with van der Waals surface area (Å²) in [6.45, 7) is 2.52. The zero-order chi connectivity index (χ0) is 19.0. The summed E-state index contributed by atoms with van der Waals surface area (Å²) in [5.74, 6) is 1.01. The molecular formula is C20H21N3O3S. The Morgan fingerprint density at radius 2 is 2.00 bits per heavy atom. The van der Waals surface area contributed by atoms with Gasteiger partial charge in [0.2, 0.25) is 0 Å². The summed E-state index contributed by atoms with van der Waals surface area (Å²) in [4.78, 5) is 33.0. The average Bonchev–Trinajstić information content (AvgIpc) is 2.67. The van der Waals surface area contributed by atoms with Gasteiger partial charge in [0.25, 0.3) is 5.56 Å². The first-order valence-corrected chi connectivity index (χ1v) is 10.3. The molecule has 0 radical (unpaired) electrons. The third-order valence-corrected chi connectivity index (χ3v) is 5.53. The predicted molar refractivity (Wildman–Crippen MR) is 106 cm³/mol. The fraction of sp³-hybridized carbons (Fsp3) is 0.350. The minimum Gasteiger partial charge on any atom is -0.494 e. The van der Waals surface area contributed by atoms with Crippen LogP contribution in [0.15, 0.2) is 45.5 Å². The van der Waals surface area contributed by atoms with Crippen molar-refractivity contribution in [2.24, 2.45) is 0 Å². The summed E-state index contributed by atoms with van der Waals surface area (Å²) in [5.41, 5.74) is 2.78. The van der Waals surface area contributed by atoms with Crippen LogP contribution in [-0.4, -0.2) is 28.6 Å². The highest BCUT2D eigenvalue weighted by Crippen LogP contribution is 2.43.